The number of rotatable bonds is 3. The number of alkyl halides is 4. The van der Waals surface area contributed by atoms with Crippen LogP contribution in [0.4, 0.5) is 17.6 Å². The maximum Gasteiger partial charge on any atom is 0.392 e. The van der Waals surface area contributed by atoms with Gasteiger partial charge in [0.05, 0.1) is 6.42 Å². The number of hydrogen-bond donors (Lipinski definition) is 0. The van der Waals surface area contributed by atoms with Gasteiger partial charge in [-0.15, -0.1) is 0 Å². The van der Waals surface area contributed by atoms with Gasteiger partial charge in [0.1, 0.15) is 6.17 Å². The first kappa shape index (κ1) is 21.5. The zero-order chi connectivity index (χ0) is 20.6. The highest BCUT2D eigenvalue weighted by atomic mass is 19.4. The van der Waals surface area contributed by atoms with Crippen LogP contribution in [0.15, 0.2) is 42.5 Å². The third-order valence-electron chi connectivity index (χ3n) is 4.68. The quantitative estimate of drug-likeness (QED) is 0.475. The minimum absolute atomic E-state index is 0.0350. The molecular formula is C23H28F4. The van der Waals surface area contributed by atoms with Crippen LogP contribution in [0.3, 0.4) is 0 Å². The minimum Gasteiger partial charge on any atom is -0.242 e. The predicted molar refractivity (Wildman–Crippen MR) is 104 cm³/mol. The molecule has 0 heterocycles. The molecule has 0 radical (unpaired) electrons. The van der Waals surface area contributed by atoms with E-state index in [9.17, 15) is 17.6 Å². The van der Waals surface area contributed by atoms with Crippen LogP contribution in [-0.2, 0) is 10.8 Å². The molecule has 0 aromatic heterocycles. The number of halogens is 4. The van der Waals surface area contributed by atoms with Crippen molar-refractivity contribution in [2.75, 3.05) is 0 Å². The molecule has 4 heteroatoms. The second-order valence-electron chi connectivity index (χ2n) is 9.21. The second kappa shape index (κ2) is 7.29. The molecule has 0 amide bonds. The van der Waals surface area contributed by atoms with Crippen LogP contribution in [0.25, 0.3) is 11.1 Å². The summed E-state index contributed by atoms with van der Waals surface area (Å²) in [4.78, 5) is 0. The molecule has 0 saturated heterocycles. The van der Waals surface area contributed by atoms with Crippen LogP contribution in [-0.4, -0.2) is 6.18 Å². The van der Waals surface area contributed by atoms with Crippen LogP contribution >= 0.6 is 0 Å². The SMILES string of the molecule is CC(C)(C)c1cc(-c2ccc(C(F)CC(F)(F)F)cc2)cc(C(C)(C)C)c1. The van der Waals surface area contributed by atoms with Crippen molar-refractivity contribution in [1.29, 1.82) is 0 Å². The topological polar surface area (TPSA) is 0 Å². The predicted octanol–water partition coefficient (Wildman–Crippen LogP) is 7.91. The van der Waals surface area contributed by atoms with Crippen molar-refractivity contribution in [2.45, 2.75) is 71.1 Å². The lowest BCUT2D eigenvalue weighted by molar-refractivity contribution is -0.146. The molecule has 0 N–H and O–H groups in total. The zero-order valence-electron chi connectivity index (χ0n) is 16.8. The average Bonchev–Trinajstić information content (AvgIpc) is 2.51. The number of benzene rings is 2. The Bertz CT molecular complexity index is 740. The van der Waals surface area contributed by atoms with E-state index in [1.807, 2.05) is 0 Å². The summed E-state index contributed by atoms with van der Waals surface area (Å²) < 4.78 is 51.1. The Morgan fingerprint density at radius 3 is 1.52 bits per heavy atom. The molecule has 148 valence electrons. The molecule has 1 atom stereocenters. The van der Waals surface area contributed by atoms with E-state index in [1.165, 1.54) is 23.3 Å². The highest BCUT2D eigenvalue weighted by molar-refractivity contribution is 5.66. The van der Waals surface area contributed by atoms with E-state index < -0.39 is 18.8 Å². The largest absolute Gasteiger partial charge is 0.392 e. The van der Waals surface area contributed by atoms with Gasteiger partial charge < -0.3 is 0 Å². The van der Waals surface area contributed by atoms with Gasteiger partial charge in [0.25, 0.3) is 0 Å². The molecule has 2 aromatic rings. The maximum absolute atomic E-state index is 13.9. The summed E-state index contributed by atoms with van der Waals surface area (Å²) in [6.45, 7) is 12.9. The Kier molecular flexibility index (Phi) is 5.79. The smallest absolute Gasteiger partial charge is 0.242 e. The third-order valence-corrected chi connectivity index (χ3v) is 4.68. The van der Waals surface area contributed by atoms with Gasteiger partial charge in [0, 0.05) is 0 Å². The van der Waals surface area contributed by atoms with E-state index in [4.69, 9.17) is 0 Å². The van der Waals surface area contributed by atoms with Crippen molar-refractivity contribution in [3.8, 4) is 11.1 Å². The molecule has 0 nitrogen and oxygen atoms in total. The highest BCUT2D eigenvalue weighted by Crippen LogP contribution is 2.36. The Balaban J connectivity index is 2.43. The molecule has 1 unspecified atom stereocenters. The van der Waals surface area contributed by atoms with E-state index in [-0.39, 0.29) is 16.4 Å². The molecule has 0 spiro atoms. The summed E-state index contributed by atoms with van der Waals surface area (Å²) in [6, 6.07) is 12.7. The van der Waals surface area contributed by atoms with Crippen molar-refractivity contribution in [3.05, 3.63) is 59.2 Å². The van der Waals surface area contributed by atoms with Gasteiger partial charge in [-0.05, 0) is 38.6 Å². The first-order valence-electron chi connectivity index (χ1n) is 9.14. The molecule has 0 fully saturated rings. The summed E-state index contributed by atoms with van der Waals surface area (Å²) in [6.07, 6.45) is -8.01. The first-order valence-corrected chi connectivity index (χ1v) is 9.14. The molecule has 0 saturated carbocycles. The van der Waals surface area contributed by atoms with Crippen LogP contribution in [0.2, 0.25) is 0 Å². The van der Waals surface area contributed by atoms with Crippen molar-refractivity contribution >= 4 is 0 Å². The van der Waals surface area contributed by atoms with Crippen molar-refractivity contribution < 1.29 is 17.6 Å². The highest BCUT2D eigenvalue weighted by Gasteiger charge is 2.32. The van der Waals surface area contributed by atoms with Gasteiger partial charge in [0.15, 0.2) is 0 Å². The van der Waals surface area contributed by atoms with E-state index in [1.54, 1.807) is 12.1 Å². The third kappa shape index (κ3) is 5.82. The summed E-state index contributed by atoms with van der Waals surface area (Å²) in [7, 11) is 0. The van der Waals surface area contributed by atoms with Crippen molar-refractivity contribution in [2.24, 2.45) is 0 Å². The fraction of sp³-hybridized carbons (Fsp3) is 0.478. The van der Waals surface area contributed by atoms with Gasteiger partial charge in [-0.3, -0.25) is 0 Å². The molecule has 0 aliphatic carbocycles. The molecule has 2 rings (SSSR count). The van der Waals surface area contributed by atoms with Gasteiger partial charge in [-0.2, -0.15) is 13.2 Å². The Labute approximate surface area is 159 Å². The molecule has 2 aromatic carbocycles. The summed E-state index contributed by atoms with van der Waals surface area (Å²) in [5.74, 6) is 0. The Hall–Kier alpha value is -1.84. The van der Waals surface area contributed by atoms with Gasteiger partial charge >= 0.3 is 6.18 Å². The van der Waals surface area contributed by atoms with E-state index in [2.05, 4.69) is 59.7 Å². The number of hydrogen-bond acceptors (Lipinski definition) is 0. The summed E-state index contributed by atoms with van der Waals surface area (Å²) >= 11 is 0. The Morgan fingerprint density at radius 2 is 1.15 bits per heavy atom. The molecule has 0 aliphatic rings. The lowest BCUT2D eigenvalue weighted by atomic mass is 9.79. The lowest BCUT2D eigenvalue weighted by Crippen LogP contribution is -2.16. The normalized spacial score (nSPS) is 14.3. The van der Waals surface area contributed by atoms with Crippen LogP contribution in [0.1, 0.15) is 70.8 Å². The van der Waals surface area contributed by atoms with E-state index in [0.29, 0.717) is 0 Å². The van der Waals surface area contributed by atoms with E-state index >= 15 is 0 Å². The Morgan fingerprint density at radius 1 is 0.704 bits per heavy atom. The van der Waals surface area contributed by atoms with Crippen LogP contribution in [0, 0.1) is 0 Å². The molecule has 0 bridgehead atoms. The van der Waals surface area contributed by atoms with Crippen molar-refractivity contribution in [3.63, 3.8) is 0 Å². The summed E-state index contributed by atoms with van der Waals surface area (Å²) in [5.41, 5.74) is 4.22. The lowest BCUT2D eigenvalue weighted by Gasteiger charge is -2.26. The van der Waals surface area contributed by atoms with Crippen LogP contribution < -0.4 is 0 Å². The maximum atomic E-state index is 13.9. The molecule has 0 aliphatic heterocycles. The van der Waals surface area contributed by atoms with Crippen LogP contribution in [0.5, 0.6) is 0 Å². The first-order chi connectivity index (χ1) is 12.2. The fourth-order valence-corrected chi connectivity index (χ4v) is 2.87. The fourth-order valence-electron chi connectivity index (χ4n) is 2.87. The standard InChI is InChI=1S/C23H28F4/c1-21(2,3)18-11-17(12-19(13-18)22(4,5)6)15-7-9-16(10-8-15)20(24)14-23(25,26)27/h7-13,20H,14H2,1-6H3. The zero-order valence-corrected chi connectivity index (χ0v) is 16.8. The van der Waals surface area contributed by atoms with Gasteiger partial charge in [-0.1, -0.05) is 84.0 Å². The second-order valence-corrected chi connectivity index (χ2v) is 9.21. The molecular weight excluding hydrogens is 352 g/mol. The summed E-state index contributed by atoms with van der Waals surface area (Å²) in [5, 5.41) is 0. The average molecular weight is 380 g/mol. The van der Waals surface area contributed by atoms with Gasteiger partial charge in [-0.25, -0.2) is 4.39 Å². The molecule has 27 heavy (non-hydrogen) atoms. The van der Waals surface area contributed by atoms with Gasteiger partial charge in [0.2, 0.25) is 0 Å². The monoisotopic (exact) mass is 380 g/mol. The van der Waals surface area contributed by atoms with Crippen molar-refractivity contribution in [1.82, 2.24) is 0 Å². The minimum atomic E-state index is -4.51. The van der Waals surface area contributed by atoms with E-state index in [0.717, 1.165) is 11.1 Å².